The van der Waals surface area contributed by atoms with Crippen molar-refractivity contribution in [2.24, 2.45) is 0 Å². The molecule has 0 saturated heterocycles. The molecule has 0 fully saturated rings. The zero-order valence-corrected chi connectivity index (χ0v) is 12.8. The number of hydrogen-bond donors (Lipinski definition) is 0. The maximum atomic E-state index is 12.9. The Kier molecular flexibility index (Phi) is 5.02. The first kappa shape index (κ1) is 15.6. The third kappa shape index (κ3) is 3.64. The normalized spacial score (nSPS) is 13.7. The number of ketones is 1. The summed E-state index contributed by atoms with van der Waals surface area (Å²) in [6.07, 6.45) is 0.908. The number of rotatable bonds is 5. The highest BCUT2D eigenvalue weighted by molar-refractivity contribution is 7.86. The van der Waals surface area contributed by atoms with Gasteiger partial charge in [0, 0.05) is 10.5 Å². The van der Waals surface area contributed by atoms with E-state index in [2.05, 4.69) is 0 Å². The van der Waals surface area contributed by atoms with Gasteiger partial charge >= 0.3 is 0 Å². The van der Waals surface area contributed by atoms with Crippen LogP contribution in [0.5, 0.6) is 0 Å². The summed E-state index contributed by atoms with van der Waals surface area (Å²) < 4.78 is 25.2. The lowest BCUT2D eigenvalue weighted by Gasteiger charge is -2.11. The minimum absolute atomic E-state index is 0.166. The van der Waals surface area contributed by atoms with Crippen LogP contribution in [0.3, 0.4) is 0 Å². The van der Waals surface area contributed by atoms with Crippen molar-refractivity contribution >= 4 is 16.6 Å². The molecule has 0 amide bonds. The number of Topliss-reactive ketones (excluding diaryl/α,β-unsaturated/α-hetero) is 1. The van der Waals surface area contributed by atoms with Gasteiger partial charge in [0.25, 0.3) is 0 Å². The van der Waals surface area contributed by atoms with Gasteiger partial charge in [0.05, 0.1) is 16.0 Å². The monoisotopic (exact) mass is 304 g/mol. The Morgan fingerprint density at radius 2 is 1.67 bits per heavy atom. The summed E-state index contributed by atoms with van der Waals surface area (Å²) in [6.45, 7) is 3.68. The van der Waals surface area contributed by atoms with Crippen LogP contribution in [-0.4, -0.2) is 15.2 Å². The molecule has 2 rings (SSSR count). The van der Waals surface area contributed by atoms with E-state index in [-0.39, 0.29) is 11.6 Å². The summed E-state index contributed by atoms with van der Waals surface area (Å²) in [5.74, 6) is -0.551. The molecule has 2 aromatic carbocycles. The van der Waals surface area contributed by atoms with Crippen LogP contribution in [0.2, 0.25) is 0 Å². The van der Waals surface area contributed by atoms with E-state index in [1.165, 1.54) is 24.3 Å². The molecule has 110 valence electrons. The zero-order chi connectivity index (χ0) is 15.4. The molecule has 0 N–H and O–H groups in total. The van der Waals surface area contributed by atoms with Gasteiger partial charge in [-0.2, -0.15) is 0 Å². The van der Waals surface area contributed by atoms with Crippen LogP contribution in [0.1, 0.15) is 29.8 Å². The molecule has 0 saturated carbocycles. The fourth-order valence-corrected chi connectivity index (χ4v) is 3.15. The Morgan fingerprint density at radius 1 is 1.10 bits per heavy atom. The molecule has 0 aliphatic rings. The maximum absolute atomic E-state index is 12.9. The van der Waals surface area contributed by atoms with Gasteiger partial charge < -0.3 is 0 Å². The molecule has 0 radical (unpaired) electrons. The van der Waals surface area contributed by atoms with Crippen molar-refractivity contribution in [1.29, 1.82) is 0 Å². The second-order valence-electron chi connectivity index (χ2n) is 4.81. The van der Waals surface area contributed by atoms with Crippen LogP contribution < -0.4 is 0 Å². The first-order valence-corrected chi connectivity index (χ1v) is 8.03. The Hall–Kier alpha value is -1.81. The van der Waals surface area contributed by atoms with Gasteiger partial charge in [-0.3, -0.25) is 9.00 Å². The number of hydrogen-bond acceptors (Lipinski definition) is 2. The van der Waals surface area contributed by atoms with Crippen molar-refractivity contribution < 1.29 is 13.4 Å². The van der Waals surface area contributed by atoms with Crippen molar-refractivity contribution in [2.75, 3.05) is 0 Å². The van der Waals surface area contributed by atoms with E-state index in [1.807, 2.05) is 19.1 Å². The molecule has 2 unspecified atom stereocenters. The molecule has 0 heterocycles. The van der Waals surface area contributed by atoms with E-state index < -0.39 is 16.0 Å². The first-order valence-electron chi connectivity index (χ1n) is 6.82. The maximum Gasteiger partial charge on any atom is 0.178 e. The topological polar surface area (TPSA) is 34.1 Å². The van der Waals surface area contributed by atoms with Crippen molar-refractivity contribution in [2.45, 2.75) is 30.4 Å². The molecule has 0 aliphatic heterocycles. The third-order valence-electron chi connectivity index (χ3n) is 3.38. The standard InChI is InChI=1S/C17H17FO2S/c1-3-13-4-6-14(7-5-13)17(19)12(2)21(20)16-10-8-15(18)9-11-16/h4-12H,3H2,1-2H3. The van der Waals surface area contributed by atoms with Crippen molar-refractivity contribution in [1.82, 2.24) is 0 Å². The van der Waals surface area contributed by atoms with Crippen LogP contribution in [0.4, 0.5) is 4.39 Å². The molecule has 2 atom stereocenters. The highest BCUT2D eigenvalue weighted by Gasteiger charge is 2.22. The van der Waals surface area contributed by atoms with E-state index in [4.69, 9.17) is 0 Å². The van der Waals surface area contributed by atoms with Crippen LogP contribution in [-0.2, 0) is 17.2 Å². The van der Waals surface area contributed by atoms with E-state index in [9.17, 15) is 13.4 Å². The average molecular weight is 304 g/mol. The first-order chi connectivity index (χ1) is 10.0. The number of carbonyl (C=O) groups excluding carboxylic acids is 1. The van der Waals surface area contributed by atoms with Crippen molar-refractivity contribution in [3.63, 3.8) is 0 Å². The molecule has 0 aliphatic carbocycles. The second kappa shape index (κ2) is 6.76. The quantitative estimate of drug-likeness (QED) is 0.788. The smallest absolute Gasteiger partial charge is 0.178 e. The fourth-order valence-electron chi connectivity index (χ4n) is 2.01. The average Bonchev–Trinajstić information content (AvgIpc) is 2.53. The van der Waals surface area contributed by atoms with Crippen molar-refractivity contribution in [3.05, 3.63) is 65.5 Å². The Balaban J connectivity index is 2.17. The second-order valence-corrected chi connectivity index (χ2v) is 6.58. The van der Waals surface area contributed by atoms with Crippen LogP contribution in [0, 0.1) is 5.82 Å². The number of aryl methyl sites for hydroxylation is 1. The van der Waals surface area contributed by atoms with Gasteiger partial charge in [0.1, 0.15) is 5.82 Å². The zero-order valence-electron chi connectivity index (χ0n) is 12.0. The van der Waals surface area contributed by atoms with Gasteiger partial charge in [-0.1, -0.05) is 31.2 Å². The van der Waals surface area contributed by atoms with E-state index in [0.717, 1.165) is 12.0 Å². The molecular formula is C17H17FO2S. The Bertz CT molecular complexity index is 647. The van der Waals surface area contributed by atoms with Crippen LogP contribution >= 0.6 is 0 Å². The summed E-state index contributed by atoms with van der Waals surface area (Å²) in [4.78, 5) is 12.8. The van der Waals surface area contributed by atoms with Gasteiger partial charge in [-0.05, 0) is 43.2 Å². The lowest BCUT2D eigenvalue weighted by molar-refractivity contribution is 0.0992. The van der Waals surface area contributed by atoms with Crippen LogP contribution in [0.15, 0.2) is 53.4 Å². The Labute approximate surface area is 126 Å². The molecule has 0 bridgehead atoms. The number of benzene rings is 2. The Morgan fingerprint density at radius 3 is 2.19 bits per heavy atom. The predicted octanol–water partition coefficient (Wildman–Crippen LogP) is 3.77. The minimum Gasteiger partial charge on any atom is -0.293 e. The van der Waals surface area contributed by atoms with E-state index in [1.54, 1.807) is 19.1 Å². The minimum atomic E-state index is -1.49. The summed E-state index contributed by atoms with van der Waals surface area (Å²) in [5.41, 5.74) is 1.70. The predicted molar refractivity (Wildman–Crippen MR) is 82.4 cm³/mol. The molecule has 4 heteroatoms. The SMILES string of the molecule is CCc1ccc(C(=O)C(C)S(=O)c2ccc(F)cc2)cc1. The fraction of sp³-hybridized carbons (Fsp3) is 0.235. The molecule has 0 aromatic heterocycles. The molecular weight excluding hydrogens is 287 g/mol. The third-order valence-corrected chi connectivity index (χ3v) is 4.98. The van der Waals surface area contributed by atoms with E-state index >= 15 is 0 Å². The highest BCUT2D eigenvalue weighted by Crippen LogP contribution is 2.16. The summed E-state index contributed by atoms with van der Waals surface area (Å²) in [6, 6.07) is 12.7. The molecule has 21 heavy (non-hydrogen) atoms. The molecule has 2 nitrogen and oxygen atoms in total. The molecule has 2 aromatic rings. The number of carbonyl (C=O) groups is 1. The van der Waals surface area contributed by atoms with Gasteiger partial charge in [0.15, 0.2) is 5.78 Å². The largest absolute Gasteiger partial charge is 0.293 e. The van der Waals surface area contributed by atoms with Gasteiger partial charge in [-0.25, -0.2) is 4.39 Å². The highest BCUT2D eigenvalue weighted by atomic mass is 32.2. The van der Waals surface area contributed by atoms with Crippen molar-refractivity contribution in [3.8, 4) is 0 Å². The lowest BCUT2D eigenvalue weighted by Crippen LogP contribution is -2.22. The van der Waals surface area contributed by atoms with Gasteiger partial charge in [0.2, 0.25) is 0 Å². The number of halogens is 1. The van der Waals surface area contributed by atoms with Gasteiger partial charge in [-0.15, -0.1) is 0 Å². The van der Waals surface area contributed by atoms with Crippen LogP contribution in [0.25, 0.3) is 0 Å². The summed E-state index contributed by atoms with van der Waals surface area (Å²) >= 11 is 0. The molecule has 0 spiro atoms. The lowest BCUT2D eigenvalue weighted by atomic mass is 10.1. The summed E-state index contributed by atoms with van der Waals surface area (Å²) in [5, 5.41) is -0.664. The summed E-state index contributed by atoms with van der Waals surface area (Å²) in [7, 11) is -1.49. The van der Waals surface area contributed by atoms with E-state index in [0.29, 0.717) is 10.5 Å².